The topological polar surface area (TPSA) is 12.0 Å². The van der Waals surface area contributed by atoms with Crippen LogP contribution < -0.4 is 5.32 Å². The van der Waals surface area contributed by atoms with E-state index < -0.39 is 8.07 Å². The van der Waals surface area contributed by atoms with Crippen LogP contribution >= 0.6 is 23.2 Å². The lowest BCUT2D eigenvalue weighted by atomic mass is 10.3. The Morgan fingerprint density at radius 2 is 1.94 bits per heavy atom. The smallest absolute Gasteiger partial charge is 0.129 e. The summed E-state index contributed by atoms with van der Waals surface area (Å²) in [5.41, 5.74) is 4.11. The highest BCUT2D eigenvalue weighted by Gasteiger charge is 2.07. The zero-order valence-electron chi connectivity index (χ0n) is 9.70. The Labute approximate surface area is 108 Å². The fourth-order valence-electron chi connectivity index (χ4n) is 1.08. The Morgan fingerprint density at radius 3 is 2.56 bits per heavy atom. The lowest BCUT2D eigenvalue weighted by molar-refractivity contribution is 1.38. The third kappa shape index (κ3) is 4.94. The summed E-state index contributed by atoms with van der Waals surface area (Å²) in [6.07, 6.45) is 0. The molecule has 0 aliphatic carbocycles. The Bertz CT molecular complexity index is 427. The fourth-order valence-corrected chi connectivity index (χ4v) is 2.06. The summed E-state index contributed by atoms with van der Waals surface area (Å²) < 4.78 is 0. The highest BCUT2D eigenvalue weighted by Crippen LogP contribution is 2.24. The molecule has 0 aromatic heterocycles. The third-order valence-corrected chi connectivity index (χ3v) is 3.25. The highest BCUT2D eigenvalue weighted by atomic mass is 35.5. The van der Waals surface area contributed by atoms with E-state index in [2.05, 4.69) is 36.4 Å². The molecule has 0 spiro atoms. The molecule has 0 heterocycles. The second-order valence-corrected chi connectivity index (χ2v) is 10.1. The largest absolute Gasteiger partial charge is 0.373 e. The van der Waals surface area contributed by atoms with Crippen LogP contribution in [0.5, 0.6) is 0 Å². The van der Waals surface area contributed by atoms with Crippen LogP contribution in [0, 0.1) is 11.5 Å². The van der Waals surface area contributed by atoms with E-state index in [4.69, 9.17) is 23.2 Å². The van der Waals surface area contributed by atoms with Crippen molar-refractivity contribution in [3.05, 3.63) is 28.2 Å². The first-order valence-electron chi connectivity index (χ1n) is 5.07. The van der Waals surface area contributed by atoms with E-state index in [0.717, 1.165) is 5.69 Å². The Kier molecular flexibility index (Phi) is 4.73. The quantitative estimate of drug-likeness (QED) is 0.625. The van der Waals surface area contributed by atoms with Crippen LogP contribution in [-0.2, 0) is 0 Å². The molecule has 16 heavy (non-hydrogen) atoms. The van der Waals surface area contributed by atoms with E-state index in [1.165, 1.54) is 0 Å². The van der Waals surface area contributed by atoms with Gasteiger partial charge in [0.15, 0.2) is 0 Å². The third-order valence-electron chi connectivity index (χ3n) is 1.76. The van der Waals surface area contributed by atoms with Crippen LogP contribution in [0.1, 0.15) is 0 Å². The maximum absolute atomic E-state index is 6.00. The Hall–Kier alpha value is -0.623. The predicted molar refractivity (Wildman–Crippen MR) is 76.1 cm³/mol. The predicted octanol–water partition coefficient (Wildman–Crippen LogP) is 4.29. The number of hydrogen-bond acceptors (Lipinski definition) is 1. The van der Waals surface area contributed by atoms with Crippen molar-refractivity contribution in [1.82, 2.24) is 0 Å². The maximum Gasteiger partial charge on any atom is 0.129 e. The molecule has 0 saturated heterocycles. The van der Waals surface area contributed by atoms with Crippen molar-refractivity contribution in [3.63, 3.8) is 0 Å². The van der Waals surface area contributed by atoms with Crippen LogP contribution in [-0.4, -0.2) is 14.6 Å². The molecule has 1 nitrogen and oxygen atoms in total. The van der Waals surface area contributed by atoms with Gasteiger partial charge in [0, 0.05) is 5.02 Å². The molecule has 4 heteroatoms. The Morgan fingerprint density at radius 1 is 1.25 bits per heavy atom. The van der Waals surface area contributed by atoms with Crippen LogP contribution in [0.4, 0.5) is 5.69 Å². The highest BCUT2D eigenvalue weighted by molar-refractivity contribution is 6.83. The van der Waals surface area contributed by atoms with Gasteiger partial charge in [-0.25, -0.2) is 0 Å². The average molecular weight is 272 g/mol. The van der Waals surface area contributed by atoms with E-state index in [1.54, 1.807) is 18.2 Å². The lowest BCUT2D eigenvalue weighted by Crippen LogP contribution is -2.17. The molecular formula is C12H15Cl2NSi. The number of anilines is 1. The first kappa shape index (κ1) is 13.4. The molecule has 0 atom stereocenters. The molecule has 1 N–H and O–H groups in total. The van der Waals surface area contributed by atoms with E-state index in [9.17, 15) is 0 Å². The van der Waals surface area contributed by atoms with Gasteiger partial charge in [-0.05, 0) is 18.2 Å². The number of rotatable bonds is 2. The van der Waals surface area contributed by atoms with Crippen LogP contribution in [0.2, 0.25) is 29.7 Å². The number of benzene rings is 1. The van der Waals surface area contributed by atoms with Gasteiger partial charge in [0.05, 0.1) is 17.3 Å². The maximum atomic E-state index is 6.00. The second-order valence-electron chi connectivity index (χ2n) is 4.53. The molecular weight excluding hydrogens is 257 g/mol. The average Bonchev–Trinajstić information content (AvgIpc) is 2.16. The minimum atomic E-state index is -1.28. The lowest BCUT2D eigenvalue weighted by Gasteiger charge is -2.06. The number of hydrogen-bond donors (Lipinski definition) is 1. The minimum Gasteiger partial charge on any atom is -0.373 e. The zero-order valence-corrected chi connectivity index (χ0v) is 12.2. The molecule has 0 amide bonds. The molecule has 0 radical (unpaired) electrons. The van der Waals surface area contributed by atoms with Gasteiger partial charge in [-0.3, -0.25) is 0 Å². The summed E-state index contributed by atoms with van der Waals surface area (Å²) >= 11 is 11.9. The van der Waals surface area contributed by atoms with Gasteiger partial charge in [-0.1, -0.05) is 48.8 Å². The minimum absolute atomic E-state index is 0.602. The van der Waals surface area contributed by atoms with Gasteiger partial charge in [0.25, 0.3) is 0 Å². The van der Waals surface area contributed by atoms with Crippen molar-refractivity contribution in [3.8, 4) is 11.5 Å². The molecule has 86 valence electrons. The standard InChI is InChI=1S/C12H15Cl2NSi/c1-16(2,3)8-4-7-15-12-9-10(13)5-6-11(12)14/h5-6,9,15H,7H2,1-3H3. The first-order chi connectivity index (χ1) is 7.38. The summed E-state index contributed by atoms with van der Waals surface area (Å²) in [6.45, 7) is 7.25. The number of nitrogens with one attached hydrogen (secondary N) is 1. The van der Waals surface area contributed by atoms with E-state index in [0.29, 0.717) is 16.6 Å². The van der Waals surface area contributed by atoms with E-state index in [1.807, 2.05) is 0 Å². The molecule has 0 saturated carbocycles. The second kappa shape index (κ2) is 5.63. The molecule has 0 bridgehead atoms. The van der Waals surface area contributed by atoms with E-state index in [-0.39, 0.29) is 0 Å². The van der Waals surface area contributed by atoms with Crippen molar-refractivity contribution < 1.29 is 0 Å². The van der Waals surface area contributed by atoms with Crippen molar-refractivity contribution in [2.45, 2.75) is 19.6 Å². The number of halogens is 2. The monoisotopic (exact) mass is 271 g/mol. The molecule has 0 aliphatic rings. The van der Waals surface area contributed by atoms with Gasteiger partial charge in [0.1, 0.15) is 8.07 Å². The van der Waals surface area contributed by atoms with Gasteiger partial charge in [-0.2, -0.15) is 0 Å². The van der Waals surface area contributed by atoms with Gasteiger partial charge in [-0.15, -0.1) is 5.54 Å². The van der Waals surface area contributed by atoms with Crippen LogP contribution in [0.3, 0.4) is 0 Å². The SMILES string of the molecule is C[Si](C)(C)C#CCNc1cc(Cl)ccc1Cl. The first-order valence-corrected chi connectivity index (χ1v) is 9.33. The molecule has 0 aliphatic heterocycles. The van der Waals surface area contributed by atoms with Gasteiger partial charge < -0.3 is 5.32 Å². The molecule has 1 rings (SSSR count). The van der Waals surface area contributed by atoms with Crippen molar-refractivity contribution in [1.29, 1.82) is 0 Å². The van der Waals surface area contributed by atoms with Gasteiger partial charge >= 0.3 is 0 Å². The van der Waals surface area contributed by atoms with Crippen LogP contribution in [0.15, 0.2) is 18.2 Å². The normalized spacial score (nSPS) is 10.6. The van der Waals surface area contributed by atoms with Crippen molar-refractivity contribution in [2.24, 2.45) is 0 Å². The molecule has 0 unspecified atom stereocenters. The summed E-state index contributed by atoms with van der Waals surface area (Å²) in [7, 11) is -1.28. The van der Waals surface area contributed by atoms with Gasteiger partial charge in [0.2, 0.25) is 0 Å². The molecule has 0 fully saturated rings. The fraction of sp³-hybridized carbons (Fsp3) is 0.333. The summed E-state index contributed by atoms with van der Waals surface area (Å²) in [5, 5.41) is 4.50. The summed E-state index contributed by atoms with van der Waals surface area (Å²) in [6, 6.07) is 5.35. The Balaban J connectivity index is 2.61. The summed E-state index contributed by atoms with van der Waals surface area (Å²) in [5.74, 6) is 3.12. The van der Waals surface area contributed by atoms with Crippen molar-refractivity contribution in [2.75, 3.05) is 11.9 Å². The van der Waals surface area contributed by atoms with Crippen molar-refractivity contribution >= 4 is 37.0 Å². The molecule has 1 aromatic carbocycles. The van der Waals surface area contributed by atoms with Crippen LogP contribution in [0.25, 0.3) is 0 Å². The zero-order chi connectivity index (χ0) is 12.2. The summed E-state index contributed by atoms with van der Waals surface area (Å²) in [4.78, 5) is 0. The van der Waals surface area contributed by atoms with E-state index >= 15 is 0 Å². The molecule has 1 aromatic rings.